The molecule has 1 aromatic rings. The number of carboxylic acids is 1. The van der Waals surface area contributed by atoms with Crippen molar-refractivity contribution in [3.63, 3.8) is 0 Å². The molecule has 22 heavy (non-hydrogen) atoms. The fourth-order valence-electron chi connectivity index (χ4n) is 1.26. The van der Waals surface area contributed by atoms with Crippen LogP contribution in [0.2, 0.25) is 15.1 Å². The van der Waals surface area contributed by atoms with Crippen molar-refractivity contribution >= 4 is 40.8 Å². The number of halogens is 3. The number of aliphatic carboxylic acids is 1. The molecule has 0 radical (unpaired) electrons. The van der Waals surface area contributed by atoms with Gasteiger partial charge in [0.15, 0.2) is 5.75 Å². The maximum absolute atomic E-state index is 9.90. The van der Waals surface area contributed by atoms with Crippen molar-refractivity contribution in [3.8, 4) is 17.9 Å². The van der Waals surface area contributed by atoms with Crippen LogP contribution in [0.4, 0.5) is 0 Å². The zero-order valence-corrected chi connectivity index (χ0v) is 14.1. The van der Waals surface area contributed by atoms with Crippen molar-refractivity contribution in [3.05, 3.63) is 26.2 Å². The van der Waals surface area contributed by atoms with Crippen LogP contribution in [0.5, 0.6) is 5.75 Å². The number of rotatable bonds is 3. The topological polar surface area (TPSA) is 105 Å². The molecular weight excluding hydrogens is 351 g/mol. The van der Waals surface area contributed by atoms with Gasteiger partial charge in [-0.3, -0.25) is 4.79 Å². The van der Waals surface area contributed by atoms with E-state index in [1.165, 1.54) is 0 Å². The standard InChI is InChI=1S/C8HCl3N2O.C6H12O2/c9-5-3(1-12)6(10)7(11)8(14)4(5)2-13;1-5(2)3-4-6(7)8/h14H;5H,3-4H2,1-2H3,(H,7,8). The average molecular weight is 364 g/mol. The zero-order valence-electron chi connectivity index (χ0n) is 11.8. The van der Waals surface area contributed by atoms with Crippen LogP contribution in [-0.4, -0.2) is 16.2 Å². The van der Waals surface area contributed by atoms with Crippen molar-refractivity contribution in [1.29, 1.82) is 10.5 Å². The van der Waals surface area contributed by atoms with E-state index in [0.717, 1.165) is 6.42 Å². The van der Waals surface area contributed by atoms with Crippen molar-refractivity contribution in [1.82, 2.24) is 0 Å². The number of phenolic OH excluding ortho intramolecular Hbond substituents is 1. The molecule has 0 aliphatic heterocycles. The fourth-order valence-corrected chi connectivity index (χ4v) is 1.99. The molecule has 5 nitrogen and oxygen atoms in total. The van der Waals surface area contributed by atoms with Gasteiger partial charge in [0, 0.05) is 6.42 Å². The first-order valence-electron chi connectivity index (χ1n) is 6.08. The second-order valence-corrected chi connectivity index (χ2v) is 5.72. The van der Waals surface area contributed by atoms with Crippen LogP contribution in [0.1, 0.15) is 37.8 Å². The third kappa shape index (κ3) is 5.61. The summed E-state index contributed by atoms with van der Waals surface area (Å²) in [6.07, 6.45) is 1.09. The Kier molecular flexibility index (Phi) is 8.67. The van der Waals surface area contributed by atoms with E-state index in [1.807, 2.05) is 13.8 Å². The molecule has 0 fully saturated rings. The van der Waals surface area contributed by atoms with E-state index >= 15 is 0 Å². The van der Waals surface area contributed by atoms with E-state index in [-0.39, 0.29) is 26.2 Å². The number of nitriles is 2. The molecule has 0 saturated heterocycles. The zero-order chi connectivity index (χ0) is 17.4. The Hall–Kier alpha value is -1.66. The van der Waals surface area contributed by atoms with Gasteiger partial charge in [-0.25, -0.2) is 0 Å². The number of hydrogen-bond donors (Lipinski definition) is 2. The molecule has 0 atom stereocenters. The summed E-state index contributed by atoms with van der Waals surface area (Å²) in [5.74, 6) is -0.701. The van der Waals surface area contributed by atoms with Crippen molar-refractivity contribution in [2.24, 2.45) is 5.92 Å². The quantitative estimate of drug-likeness (QED) is 0.763. The monoisotopic (exact) mass is 362 g/mol. The highest BCUT2D eigenvalue weighted by Gasteiger charge is 2.20. The summed E-state index contributed by atoms with van der Waals surface area (Å²) < 4.78 is 0. The Morgan fingerprint density at radius 3 is 1.91 bits per heavy atom. The van der Waals surface area contributed by atoms with E-state index in [4.69, 9.17) is 50.4 Å². The van der Waals surface area contributed by atoms with Crippen molar-refractivity contribution in [2.75, 3.05) is 0 Å². The molecule has 8 heteroatoms. The third-order valence-corrected chi connectivity index (χ3v) is 3.68. The second-order valence-electron chi connectivity index (χ2n) is 4.59. The van der Waals surface area contributed by atoms with Crippen LogP contribution in [0.3, 0.4) is 0 Å². The van der Waals surface area contributed by atoms with E-state index in [1.54, 1.807) is 12.1 Å². The Bertz CT molecular complexity index is 605. The first kappa shape index (κ1) is 20.3. The molecule has 0 saturated carbocycles. The molecule has 0 heterocycles. The van der Waals surface area contributed by atoms with E-state index in [0.29, 0.717) is 12.3 Å². The summed E-state index contributed by atoms with van der Waals surface area (Å²) in [5, 5.41) is 34.2. The molecule has 1 aromatic carbocycles. The van der Waals surface area contributed by atoms with E-state index in [9.17, 15) is 9.90 Å². The number of carbonyl (C=O) groups is 1. The van der Waals surface area contributed by atoms with Crippen LogP contribution in [0.15, 0.2) is 0 Å². The lowest BCUT2D eigenvalue weighted by atomic mass is 10.1. The molecule has 0 amide bonds. The number of carboxylic acid groups (broad SMARTS) is 1. The number of benzene rings is 1. The smallest absolute Gasteiger partial charge is 0.303 e. The van der Waals surface area contributed by atoms with Crippen LogP contribution < -0.4 is 0 Å². The SMILES string of the molecule is CC(C)CCC(=O)O.N#Cc1c(O)c(Cl)c(Cl)c(C#N)c1Cl. The lowest BCUT2D eigenvalue weighted by Crippen LogP contribution is -1.97. The maximum Gasteiger partial charge on any atom is 0.303 e. The fraction of sp³-hybridized carbons (Fsp3) is 0.357. The minimum absolute atomic E-state index is 0.118. The van der Waals surface area contributed by atoms with Crippen LogP contribution in [-0.2, 0) is 4.79 Å². The van der Waals surface area contributed by atoms with E-state index < -0.39 is 11.7 Å². The molecule has 2 N–H and O–H groups in total. The van der Waals surface area contributed by atoms with Crippen molar-refractivity contribution in [2.45, 2.75) is 26.7 Å². The van der Waals surface area contributed by atoms with Gasteiger partial charge in [-0.1, -0.05) is 48.7 Å². The highest BCUT2D eigenvalue weighted by Crippen LogP contribution is 2.41. The normalized spacial score (nSPS) is 9.45. The highest BCUT2D eigenvalue weighted by atomic mass is 35.5. The molecule has 0 aliphatic carbocycles. The molecule has 0 spiro atoms. The summed E-state index contributed by atoms with van der Waals surface area (Å²) in [5.41, 5.74) is -0.370. The lowest BCUT2D eigenvalue weighted by molar-refractivity contribution is -0.137. The van der Waals surface area contributed by atoms with Crippen LogP contribution >= 0.6 is 34.8 Å². The van der Waals surface area contributed by atoms with Gasteiger partial charge in [-0.05, 0) is 12.3 Å². The molecule has 118 valence electrons. The first-order valence-corrected chi connectivity index (χ1v) is 7.22. The molecule has 0 aliphatic rings. The summed E-state index contributed by atoms with van der Waals surface area (Å²) in [7, 11) is 0. The number of hydrogen-bond acceptors (Lipinski definition) is 4. The number of phenols is 1. The average Bonchev–Trinajstić information content (AvgIpc) is 2.45. The predicted octanol–water partition coefficient (Wildman–Crippen LogP) is 4.60. The lowest BCUT2D eigenvalue weighted by Gasteiger charge is -2.06. The third-order valence-electron chi connectivity index (χ3n) is 2.46. The molecular formula is C14H13Cl3N2O3. The van der Waals surface area contributed by atoms with Crippen LogP contribution in [0, 0.1) is 28.6 Å². The summed E-state index contributed by atoms with van der Waals surface area (Å²) in [6.45, 7) is 4.03. The van der Waals surface area contributed by atoms with Gasteiger partial charge in [0.1, 0.15) is 22.7 Å². The molecule has 0 unspecified atom stereocenters. The minimum Gasteiger partial charge on any atom is -0.505 e. The highest BCUT2D eigenvalue weighted by molar-refractivity contribution is 6.45. The molecule has 1 rings (SSSR count). The summed E-state index contributed by atoms with van der Waals surface area (Å²) in [6, 6.07) is 3.33. The Labute approximate surface area is 143 Å². The minimum atomic E-state index is -0.696. The van der Waals surface area contributed by atoms with Gasteiger partial charge in [0.25, 0.3) is 0 Å². The first-order chi connectivity index (χ1) is 10.2. The maximum atomic E-state index is 9.90. The number of nitrogens with zero attached hydrogens (tertiary/aromatic N) is 2. The largest absolute Gasteiger partial charge is 0.505 e. The van der Waals surface area contributed by atoms with E-state index in [2.05, 4.69) is 0 Å². The van der Waals surface area contributed by atoms with Crippen LogP contribution in [0.25, 0.3) is 0 Å². The summed E-state index contributed by atoms with van der Waals surface area (Å²) in [4.78, 5) is 9.90. The predicted molar refractivity (Wildman–Crippen MR) is 84.3 cm³/mol. The molecule has 0 aromatic heterocycles. The van der Waals surface area contributed by atoms with Gasteiger partial charge in [0.05, 0.1) is 15.6 Å². The van der Waals surface area contributed by atoms with Gasteiger partial charge >= 0.3 is 5.97 Å². The Morgan fingerprint density at radius 1 is 1.09 bits per heavy atom. The second kappa shape index (κ2) is 9.38. The van der Waals surface area contributed by atoms with Crippen molar-refractivity contribution < 1.29 is 15.0 Å². The number of aromatic hydroxyl groups is 1. The van der Waals surface area contributed by atoms with Gasteiger partial charge in [0.2, 0.25) is 0 Å². The Morgan fingerprint density at radius 2 is 1.59 bits per heavy atom. The van der Waals surface area contributed by atoms with Gasteiger partial charge in [-0.2, -0.15) is 10.5 Å². The van der Waals surface area contributed by atoms with Gasteiger partial charge < -0.3 is 10.2 Å². The molecule has 0 bridgehead atoms. The Balaban J connectivity index is 0.000000472. The van der Waals surface area contributed by atoms with Gasteiger partial charge in [-0.15, -0.1) is 0 Å². The summed E-state index contributed by atoms with van der Waals surface area (Å²) >= 11 is 16.8.